The van der Waals surface area contributed by atoms with E-state index in [-0.39, 0.29) is 10.7 Å². The molecule has 3 aromatic carbocycles. The van der Waals surface area contributed by atoms with Gasteiger partial charge in [-0.1, -0.05) is 60.7 Å². The second-order valence-corrected chi connectivity index (χ2v) is 8.42. The van der Waals surface area contributed by atoms with Crippen molar-refractivity contribution in [3.63, 3.8) is 0 Å². The Balaban J connectivity index is 1.69. The van der Waals surface area contributed by atoms with E-state index < -0.39 is 10.0 Å². The van der Waals surface area contributed by atoms with Crippen LogP contribution in [0.5, 0.6) is 0 Å². The SMILES string of the molecule is N=C(N)c1cccc(C[CH]CCc2ccc(-c3ccccc3)c(S(N)(=O)=O)c2)c1. The first kappa shape index (κ1) is 20.8. The zero-order valence-electron chi connectivity index (χ0n) is 16.0. The van der Waals surface area contributed by atoms with Crippen LogP contribution in [0.1, 0.15) is 23.1 Å². The first-order chi connectivity index (χ1) is 13.8. The summed E-state index contributed by atoms with van der Waals surface area (Å²) in [5, 5.41) is 13.0. The number of hydrogen-bond donors (Lipinski definition) is 3. The first-order valence-corrected chi connectivity index (χ1v) is 10.9. The van der Waals surface area contributed by atoms with Crippen LogP contribution in [0.3, 0.4) is 0 Å². The minimum absolute atomic E-state index is 0.0564. The fourth-order valence-electron chi connectivity index (χ4n) is 3.22. The number of hydrogen-bond acceptors (Lipinski definition) is 3. The lowest BCUT2D eigenvalue weighted by atomic mass is 9.99. The van der Waals surface area contributed by atoms with E-state index >= 15 is 0 Å². The predicted octanol–water partition coefficient (Wildman–Crippen LogP) is 3.66. The van der Waals surface area contributed by atoms with Gasteiger partial charge in [-0.25, -0.2) is 13.6 Å². The molecule has 0 bridgehead atoms. The van der Waals surface area contributed by atoms with E-state index in [1.165, 1.54) is 0 Å². The predicted molar refractivity (Wildman–Crippen MR) is 117 cm³/mol. The molecule has 5 nitrogen and oxygen atoms in total. The molecule has 0 heterocycles. The molecular formula is C23H24N3O2S. The van der Waals surface area contributed by atoms with E-state index in [1.54, 1.807) is 6.07 Å². The van der Waals surface area contributed by atoms with Gasteiger partial charge in [-0.15, -0.1) is 0 Å². The van der Waals surface area contributed by atoms with Crippen molar-refractivity contribution in [2.75, 3.05) is 0 Å². The monoisotopic (exact) mass is 406 g/mol. The van der Waals surface area contributed by atoms with Gasteiger partial charge in [0.2, 0.25) is 10.0 Å². The van der Waals surface area contributed by atoms with Crippen LogP contribution in [0.4, 0.5) is 0 Å². The van der Waals surface area contributed by atoms with Crippen LogP contribution >= 0.6 is 0 Å². The van der Waals surface area contributed by atoms with Crippen LogP contribution < -0.4 is 10.9 Å². The van der Waals surface area contributed by atoms with Gasteiger partial charge in [0.15, 0.2) is 0 Å². The van der Waals surface area contributed by atoms with E-state index in [0.29, 0.717) is 17.5 Å². The topological polar surface area (TPSA) is 110 Å². The maximum atomic E-state index is 12.1. The fraction of sp³-hybridized carbons (Fsp3) is 0.130. The maximum absolute atomic E-state index is 12.1. The molecule has 149 valence electrons. The van der Waals surface area contributed by atoms with Crippen LogP contribution in [0.2, 0.25) is 0 Å². The van der Waals surface area contributed by atoms with E-state index in [9.17, 15) is 8.42 Å². The maximum Gasteiger partial charge on any atom is 0.238 e. The van der Waals surface area contributed by atoms with Crippen molar-refractivity contribution in [2.24, 2.45) is 10.9 Å². The quantitative estimate of drug-likeness (QED) is 0.301. The molecule has 0 aliphatic carbocycles. The van der Waals surface area contributed by atoms with Crippen LogP contribution in [-0.2, 0) is 22.9 Å². The summed E-state index contributed by atoms with van der Waals surface area (Å²) in [5.74, 6) is 0.0564. The number of aryl methyl sites for hydroxylation is 1. The van der Waals surface area contributed by atoms with Crippen molar-refractivity contribution in [3.8, 4) is 11.1 Å². The van der Waals surface area contributed by atoms with E-state index in [2.05, 4.69) is 6.42 Å². The highest BCUT2D eigenvalue weighted by molar-refractivity contribution is 7.89. The lowest BCUT2D eigenvalue weighted by Crippen LogP contribution is -2.14. The molecule has 0 spiro atoms. The summed E-state index contributed by atoms with van der Waals surface area (Å²) in [7, 11) is -3.83. The number of nitrogens with two attached hydrogens (primary N) is 2. The number of primary sulfonamides is 1. The largest absolute Gasteiger partial charge is 0.384 e. The number of amidine groups is 1. The van der Waals surface area contributed by atoms with Crippen molar-refractivity contribution in [3.05, 3.63) is 95.9 Å². The first-order valence-electron chi connectivity index (χ1n) is 9.31. The average molecular weight is 407 g/mol. The Kier molecular flexibility index (Phi) is 6.46. The summed E-state index contributed by atoms with van der Waals surface area (Å²) in [6.07, 6.45) is 4.40. The van der Waals surface area contributed by atoms with E-state index in [0.717, 1.165) is 29.5 Å². The summed E-state index contributed by atoms with van der Waals surface area (Å²) >= 11 is 0. The minimum atomic E-state index is -3.83. The molecular weight excluding hydrogens is 382 g/mol. The normalized spacial score (nSPS) is 11.3. The molecule has 29 heavy (non-hydrogen) atoms. The molecule has 0 fully saturated rings. The van der Waals surface area contributed by atoms with Crippen LogP contribution in [-0.4, -0.2) is 14.3 Å². The summed E-state index contributed by atoms with van der Waals surface area (Å²) in [6, 6.07) is 22.4. The third-order valence-corrected chi connectivity index (χ3v) is 5.64. The lowest BCUT2D eigenvalue weighted by Gasteiger charge is -2.11. The van der Waals surface area contributed by atoms with Gasteiger partial charge in [0.25, 0.3) is 0 Å². The lowest BCUT2D eigenvalue weighted by molar-refractivity contribution is 0.598. The zero-order valence-corrected chi connectivity index (χ0v) is 16.8. The number of rotatable bonds is 8. The van der Waals surface area contributed by atoms with Gasteiger partial charge in [0.1, 0.15) is 5.84 Å². The molecule has 1 radical (unpaired) electrons. The number of sulfonamides is 1. The second-order valence-electron chi connectivity index (χ2n) is 6.89. The molecule has 3 rings (SSSR count). The smallest absolute Gasteiger partial charge is 0.238 e. The standard InChI is InChI=1S/C23H24N3O2S/c24-23(25)20-12-6-9-17(15-20)7-4-5-8-18-13-14-21(19-10-2-1-3-11-19)22(16-18)29(26,27)28/h1-4,6,9-16H,5,7-8H2,(H3,24,25)(H2,26,27,28). The summed E-state index contributed by atoms with van der Waals surface area (Å²) in [6.45, 7) is 0. The molecule has 6 heteroatoms. The zero-order chi connectivity index (χ0) is 20.9. The van der Waals surface area contributed by atoms with E-state index in [1.807, 2.05) is 66.7 Å². The van der Waals surface area contributed by atoms with Crippen LogP contribution in [0.25, 0.3) is 11.1 Å². The van der Waals surface area contributed by atoms with Crippen molar-refractivity contribution in [1.29, 1.82) is 5.41 Å². The number of nitrogens with one attached hydrogen (secondary N) is 1. The molecule has 0 amide bonds. The van der Waals surface area contributed by atoms with Crippen molar-refractivity contribution >= 4 is 15.9 Å². The highest BCUT2D eigenvalue weighted by Crippen LogP contribution is 2.28. The fourth-order valence-corrected chi connectivity index (χ4v) is 4.03. The third kappa shape index (κ3) is 5.53. The second kappa shape index (κ2) is 9.03. The van der Waals surface area contributed by atoms with Gasteiger partial charge in [-0.2, -0.15) is 0 Å². The number of benzene rings is 3. The van der Waals surface area contributed by atoms with Gasteiger partial charge in [-0.05, 0) is 54.5 Å². The minimum Gasteiger partial charge on any atom is -0.384 e. The van der Waals surface area contributed by atoms with Gasteiger partial charge < -0.3 is 5.73 Å². The molecule has 0 saturated heterocycles. The summed E-state index contributed by atoms with van der Waals surface area (Å²) < 4.78 is 24.2. The third-order valence-electron chi connectivity index (χ3n) is 4.69. The Bertz CT molecular complexity index is 1110. The van der Waals surface area contributed by atoms with E-state index in [4.69, 9.17) is 16.3 Å². The Morgan fingerprint density at radius 2 is 1.69 bits per heavy atom. The van der Waals surface area contributed by atoms with Crippen molar-refractivity contribution in [2.45, 2.75) is 24.2 Å². The van der Waals surface area contributed by atoms with Crippen molar-refractivity contribution in [1.82, 2.24) is 0 Å². The highest BCUT2D eigenvalue weighted by Gasteiger charge is 2.16. The molecule has 0 aliphatic rings. The Labute approximate surface area is 171 Å². The van der Waals surface area contributed by atoms with Gasteiger partial charge in [-0.3, -0.25) is 5.41 Å². The van der Waals surface area contributed by atoms with Gasteiger partial charge in [0, 0.05) is 11.1 Å². The summed E-state index contributed by atoms with van der Waals surface area (Å²) in [4.78, 5) is 0.148. The van der Waals surface area contributed by atoms with Gasteiger partial charge in [0.05, 0.1) is 4.90 Å². The summed E-state index contributed by atoms with van der Waals surface area (Å²) in [5.41, 5.74) is 9.68. The Morgan fingerprint density at radius 1 is 0.931 bits per heavy atom. The molecule has 0 saturated carbocycles. The van der Waals surface area contributed by atoms with Crippen LogP contribution in [0, 0.1) is 11.8 Å². The van der Waals surface area contributed by atoms with Crippen molar-refractivity contribution < 1.29 is 8.42 Å². The Hall–Kier alpha value is -2.96. The Morgan fingerprint density at radius 3 is 2.38 bits per heavy atom. The molecule has 0 atom stereocenters. The number of nitrogen functional groups attached to an aromatic ring is 1. The molecule has 3 aromatic rings. The molecule has 5 N–H and O–H groups in total. The van der Waals surface area contributed by atoms with Gasteiger partial charge >= 0.3 is 0 Å². The average Bonchev–Trinajstić information content (AvgIpc) is 2.71. The number of unbranched alkanes of at least 4 members (excludes halogenated alkanes) is 1. The van der Waals surface area contributed by atoms with Crippen LogP contribution in [0.15, 0.2) is 77.7 Å². The molecule has 0 aliphatic heterocycles. The highest BCUT2D eigenvalue weighted by atomic mass is 32.2. The molecule has 0 aromatic heterocycles. The molecule has 0 unspecified atom stereocenters.